The average Bonchev–Trinajstić information content (AvgIpc) is 2.20. The average molecular weight is 330 g/mol. The van der Waals surface area contributed by atoms with Crippen molar-refractivity contribution < 1.29 is 27.8 Å². The predicted octanol–water partition coefficient (Wildman–Crippen LogP) is 3.92. The molecule has 0 aromatic carbocycles. The maximum atomic E-state index is 13.3. The zero-order chi connectivity index (χ0) is 17.3. The lowest BCUT2D eigenvalue weighted by Gasteiger charge is -2.45. The minimum absolute atomic E-state index is 0.208. The lowest BCUT2D eigenvalue weighted by molar-refractivity contribution is -0.255. The molecule has 21 heavy (non-hydrogen) atoms. The van der Waals surface area contributed by atoms with Gasteiger partial charge < -0.3 is 9.84 Å². The van der Waals surface area contributed by atoms with Crippen LogP contribution in [0.25, 0.3) is 0 Å². The Balaban J connectivity index is 5.73. The smallest absolute Gasteiger partial charge is 0.428 e. The van der Waals surface area contributed by atoms with E-state index in [-0.39, 0.29) is 6.61 Å². The topological polar surface area (TPSA) is 46.5 Å². The molecular weight excluding hydrogens is 304 g/mol. The third kappa shape index (κ3) is 5.10. The molecule has 0 amide bonds. The summed E-state index contributed by atoms with van der Waals surface area (Å²) >= 11 is 0. The first kappa shape index (κ1) is 20.6. The van der Waals surface area contributed by atoms with Gasteiger partial charge in [-0.15, -0.1) is 0 Å². The van der Waals surface area contributed by atoms with Crippen LogP contribution in [0.3, 0.4) is 0 Å². The van der Waals surface area contributed by atoms with Gasteiger partial charge in [-0.3, -0.25) is 0 Å². The van der Waals surface area contributed by atoms with Crippen LogP contribution in [0.15, 0.2) is 0 Å². The first-order valence-electron chi connectivity index (χ1n) is 6.81. The minimum Gasteiger partial charge on any atom is -0.464 e. The van der Waals surface area contributed by atoms with E-state index in [0.717, 1.165) is 0 Å². The second-order valence-electron chi connectivity index (χ2n) is 7.01. The molecule has 7 heteroatoms. The van der Waals surface area contributed by atoms with E-state index >= 15 is 0 Å². The van der Waals surface area contributed by atoms with E-state index in [1.165, 1.54) is 6.92 Å². The van der Waals surface area contributed by atoms with Crippen molar-refractivity contribution in [3.63, 3.8) is 0 Å². The van der Waals surface area contributed by atoms with Crippen molar-refractivity contribution >= 4 is 13.9 Å². The van der Waals surface area contributed by atoms with Crippen LogP contribution < -0.4 is 0 Å². The van der Waals surface area contributed by atoms with Crippen molar-refractivity contribution in [2.75, 3.05) is 12.8 Å². The summed E-state index contributed by atoms with van der Waals surface area (Å²) in [4.78, 5) is 11.7. The molecule has 0 aliphatic rings. The summed E-state index contributed by atoms with van der Waals surface area (Å²) in [7, 11) is -1.31. The molecule has 0 radical (unpaired) electrons. The molecule has 0 aliphatic carbocycles. The van der Waals surface area contributed by atoms with Crippen LogP contribution in [-0.4, -0.2) is 45.9 Å². The fourth-order valence-electron chi connectivity index (χ4n) is 2.23. The molecule has 1 atom stereocenters. The van der Waals surface area contributed by atoms with Gasteiger partial charge in [0.2, 0.25) is 0 Å². The number of alkyl halides is 3. The predicted molar refractivity (Wildman–Crippen MR) is 78.9 cm³/mol. The molecule has 126 valence electrons. The van der Waals surface area contributed by atoms with E-state index in [0.29, 0.717) is 0 Å². The van der Waals surface area contributed by atoms with Crippen LogP contribution in [0.2, 0.25) is 0 Å². The van der Waals surface area contributed by atoms with Crippen LogP contribution in [0.5, 0.6) is 0 Å². The molecule has 0 aromatic heterocycles. The molecule has 3 nitrogen and oxygen atoms in total. The number of halogens is 3. The third-order valence-corrected chi connectivity index (χ3v) is 7.10. The van der Waals surface area contributed by atoms with Crippen LogP contribution in [0.4, 0.5) is 13.2 Å². The van der Waals surface area contributed by atoms with Gasteiger partial charge in [-0.05, 0) is 17.2 Å². The number of carbonyl (C=O) groups excluding carboxylic acids is 1. The van der Waals surface area contributed by atoms with Crippen molar-refractivity contribution in [2.45, 2.75) is 70.6 Å². The summed E-state index contributed by atoms with van der Waals surface area (Å²) in [6, 6.07) is 0. The van der Waals surface area contributed by atoms with E-state index < -0.39 is 42.1 Å². The van der Waals surface area contributed by atoms with Crippen molar-refractivity contribution in [1.29, 1.82) is 0 Å². The van der Waals surface area contributed by atoms with Crippen LogP contribution in [0, 0.1) is 0 Å². The number of rotatable bonds is 4. The van der Waals surface area contributed by atoms with E-state index in [4.69, 9.17) is 0 Å². The summed E-state index contributed by atoms with van der Waals surface area (Å²) in [6.07, 6.45) is -5.71. The van der Waals surface area contributed by atoms with Gasteiger partial charge in [0.15, 0.2) is 0 Å². The summed E-state index contributed by atoms with van der Waals surface area (Å²) in [5.74, 6) is -1.61. The largest absolute Gasteiger partial charge is 0.464 e. The number of esters is 1. The van der Waals surface area contributed by atoms with Crippen LogP contribution >= 0.6 is 7.92 Å². The first-order valence-corrected chi connectivity index (χ1v) is 8.34. The highest BCUT2D eigenvalue weighted by atomic mass is 31.1. The Hall–Kier alpha value is -0.350. The zero-order valence-electron chi connectivity index (χ0n) is 13.8. The van der Waals surface area contributed by atoms with Gasteiger partial charge in [0.25, 0.3) is 5.60 Å². The molecule has 0 saturated heterocycles. The van der Waals surface area contributed by atoms with Crippen molar-refractivity contribution in [1.82, 2.24) is 0 Å². The quantitative estimate of drug-likeness (QED) is 0.628. The van der Waals surface area contributed by atoms with E-state index in [1.807, 2.05) is 41.5 Å². The highest BCUT2D eigenvalue weighted by Gasteiger charge is 2.62. The fraction of sp³-hybridized carbons (Fsp3) is 0.929. The van der Waals surface area contributed by atoms with E-state index in [2.05, 4.69) is 4.74 Å². The summed E-state index contributed by atoms with van der Waals surface area (Å²) in [5, 5.41) is 9.17. The summed E-state index contributed by atoms with van der Waals surface area (Å²) in [6.45, 7) is 12.2. The van der Waals surface area contributed by atoms with Gasteiger partial charge in [-0.25, -0.2) is 4.79 Å². The molecule has 0 rings (SSSR count). The monoisotopic (exact) mass is 330 g/mol. The summed E-state index contributed by atoms with van der Waals surface area (Å²) < 4.78 is 44.3. The van der Waals surface area contributed by atoms with Gasteiger partial charge in [-0.1, -0.05) is 49.5 Å². The fourth-order valence-corrected chi connectivity index (χ4v) is 5.96. The Morgan fingerprint density at radius 2 is 1.43 bits per heavy atom. The molecule has 0 saturated carbocycles. The SMILES string of the molecule is CCOC(=O)C(O)(CP(C(C)(C)C)C(C)(C)C)C(F)(F)F. The maximum absolute atomic E-state index is 13.3. The third-order valence-electron chi connectivity index (χ3n) is 3.09. The van der Waals surface area contributed by atoms with Gasteiger partial charge in [0, 0.05) is 6.16 Å². The molecule has 0 spiro atoms. The summed E-state index contributed by atoms with van der Waals surface area (Å²) in [5.41, 5.74) is -3.45. The van der Waals surface area contributed by atoms with E-state index in [1.54, 1.807) is 0 Å². The number of ether oxygens (including phenoxy) is 1. The van der Waals surface area contributed by atoms with Gasteiger partial charge in [-0.2, -0.15) is 13.2 Å². The molecule has 0 aromatic rings. The Labute approximate surface area is 126 Å². The maximum Gasteiger partial charge on any atom is 0.428 e. The second-order valence-corrected chi connectivity index (χ2v) is 10.9. The Morgan fingerprint density at radius 1 is 1.05 bits per heavy atom. The molecule has 0 fully saturated rings. The van der Waals surface area contributed by atoms with Crippen LogP contribution in [0.1, 0.15) is 48.5 Å². The Morgan fingerprint density at radius 3 is 1.67 bits per heavy atom. The Kier molecular flexibility index (Phi) is 6.30. The molecule has 0 aliphatic heterocycles. The van der Waals surface area contributed by atoms with Crippen molar-refractivity contribution in [3.8, 4) is 0 Å². The molecule has 0 heterocycles. The highest BCUT2D eigenvalue weighted by Crippen LogP contribution is 2.61. The van der Waals surface area contributed by atoms with Gasteiger partial charge >= 0.3 is 12.1 Å². The molecule has 1 N–H and O–H groups in total. The minimum atomic E-state index is -5.06. The molecule has 0 bridgehead atoms. The molecular formula is C14H26F3O3P. The second kappa shape index (κ2) is 6.41. The lowest BCUT2D eigenvalue weighted by atomic mass is 10.1. The Bertz CT molecular complexity index is 355. The van der Waals surface area contributed by atoms with Gasteiger partial charge in [0.05, 0.1) is 6.61 Å². The number of hydrogen-bond acceptors (Lipinski definition) is 3. The lowest BCUT2D eigenvalue weighted by Crippen LogP contribution is -2.56. The van der Waals surface area contributed by atoms with E-state index in [9.17, 15) is 23.1 Å². The van der Waals surface area contributed by atoms with Crippen molar-refractivity contribution in [2.24, 2.45) is 0 Å². The number of hydrogen-bond donors (Lipinski definition) is 1. The molecule has 1 unspecified atom stereocenters. The number of carbonyl (C=O) groups is 1. The van der Waals surface area contributed by atoms with Crippen molar-refractivity contribution in [3.05, 3.63) is 0 Å². The van der Waals surface area contributed by atoms with Crippen LogP contribution in [-0.2, 0) is 9.53 Å². The van der Waals surface area contributed by atoms with Gasteiger partial charge in [0.1, 0.15) is 0 Å². The standard InChI is InChI=1S/C14H26F3O3P/c1-8-20-10(18)13(19,14(15,16)17)9-21(11(2,3)4)12(5,6)7/h19H,8-9H2,1-7H3. The zero-order valence-corrected chi connectivity index (χ0v) is 14.7. The first-order chi connectivity index (χ1) is 9.07. The normalized spacial score (nSPS) is 16.8. The number of aliphatic hydroxyl groups is 1. The highest BCUT2D eigenvalue weighted by molar-refractivity contribution is 7.61.